The molecule has 0 radical (unpaired) electrons. The topological polar surface area (TPSA) is 201 Å². The number of phenols is 4. The quantitative estimate of drug-likeness (QED) is 0.251. The van der Waals surface area contributed by atoms with E-state index in [0.29, 0.717) is 5.56 Å². The summed E-state index contributed by atoms with van der Waals surface area (Å²) in [5.41, 5.74) is -0.742. The van der Waals surface area contributed by atoms with E-state index in [1.807, 2.05) is 0 Å². The van der Waals surface area contributed by atoms with Gasteiger partial charge in [-0.05, 0) is 17.7 Å². The molecule has 2 aromatic carbocycles. The number of rotatable bonds is 4. The molecule has 2 heterocycles. The lowest BCUT2D eigenvalue weighted by Gasteiger charge is -2.40. The summed E-state index contributed by atoms with van der Waals surface area (Å²) in [5, 5.41) is 90.6. The predicted molar refractivity (Wildman–Crippen MR) is 112 cm³/mol. The summed E-state index contributed by atoms with van der Waals surface area (Å²) in [5.74, 6) is -1.58. The maximum atomic E-state index is 10.6. The Labute approximate surface area is 191 Å². The highest BCUT2D eigenvalue weighted by molar-refractivity contribution is 8.00. The van der Waals surface area contributed by atoms with Gasteiger partial charge in [0, 0.05) is 18.1 Å². The molecule has 180 valence electrons. The van der Waals surface area contributed by atoms with Crippen molar-refractivity contribution in [3.63, 3.8) is 0 Å². The normalized spacial score (nSPS) is 31.6. The van der Waals surface area contributed by atoms with Crippen molar-refractivity contribution in [3.05, 3.63) is 35.4 Å². The van der Waals surface area contributed by atoms with Crippen molar-refractivity contribution < 1.29 is 55.4 Å². The Hall–Kier alpha value is -2.45. The van der Waals surface area contributed by atoms with Gasteiger partial charge in [-0.15, -0.1) is 0 Å². The van der Waals surface area contributed by atoms with Crippen LogP contribution in [0.5, 0.6) is 28.7 Å². The third-order valence-electron chi connectivity index (χ3n) is 5.71. The van der Waals surface area contributed by atoms with Crippen LogP contribution in [0, 0.1) is 0 Å². The molecule has 12 heteroatoms. The van der Waals surface area contributed by atoms with E-state index in [1.165, 1.54) is 18.2 Å². The molecule has 0 bridgehead atoms. The fraction of sp³-hybridized carbons (Fsp3) is 0.429. The predicted octanol–water partition coefficient (Wildman–Crippen LogP) is -0.562. The third kappa shape index (κ3) is 4.26. The van der Waals surface area contributed by atoms with Crippen LogP contribution in [0.2, 0.25) is 0 Å². The lowest BCUT2D eigenvalue weighted by molar-refractivity contribution is -0.205. The maximum absolute atomic E-state index is 10.6. The van der Waals surface area contributed by atoms with E-state index < -0.39 is 60.2 Å². The Balaban J connectivity index is 1.70. The summed E-state index contributed by atoms with van der Waals surface area (Å²) in [6, 6.07) is 4.90. The standard InChI is InChI=1S/C21H24O11S/c22-6-14-15(28)16(29)17(30)21(31-14)33-20-13(27)5-10(24)8-4-12(26)18(32-19(8)20)7-1-2-9(23)11(25)3-7/h1-3,5,12,14-18,21-30H,4,6H2/t12-,14-,15-,16+,17-,18+,21+/m0/s1. The summed E-state index contributed by atoms with van der Waals surface area (Å²) < 4.78 is 11.4. The number of benzene rings is 2. The highest BCUT2D eigenvalue weighted by Crippen LogP contribution is 2.51. The highest BCUT2D eigenvalue weighted by Gasteiger charge is 2.45. The molecule has 7 atom stereocenters. The SMILES string of the molecule is OC[C@@H]1O[C@H](Sc2c(O)cc(O)c3c2O[C@H](c2ccc(O)c(O)c2)[C@@H](O)C3)[C@@H](O)[C@H](O)[C@H]1O. The van der Waals surface area contributed by atoms with Gasteiger partial charge >= 0.3 is 0 Å². The zero-order chi connectivity index (χ0) is 24.0. The lowest BCUT2D eigenvalue weighted by atomic mass is 9.94. The highest BCUT2D eigenvalue weighted by atomic mass is 32.2. The molecule has 2 aliphatic rings. The van der Waals surface area contributed by atoms with Crippen LogP contribution in [0.25, 0.3) is 0 Å². The van der Waals surface area contributed by atoms with Crippen LogP contribution >= 0.6 is 11.8 Å². The smallest absolute Gasteiger partial charge is 0.157 e. The van der Waals surface area contributed by atoms with E-state index in [2.05, 4.69) is 0 Å². The second kappa shape index (κ2) is 9.06. The van der Waals surface area contributed by atoms with Gasteiger partial charge in [-0.2, -0.15) is 0 Å². The summed E-state index contributed by atoms with van der Waals surface area (Å²) in [6.45, 7) is -0.628. The first-order valence-corrected chi connectivity index (χ1v) is 10.9. The van der Waals surface area contributed by atoms with Gasteiger partial charge in [-0.1, -0.05) is 17.8 Å². The number of hydrogen-bond acceptors (Lipinski definition) is 12. The average Bonchev–Trinajstić information content (AvgIpc) is 2.78. The molecular formula is C21H24O11S. The van der Waals surface area contributed by atoms with Crippen molar-refractivity contribution in [3.8, 4) is 28.7 Å². The first kappa shape index (κ1) is 23.7. The van der Waals surface area contributed by atoms with E-state index in [1.54, 1.807) is 0 Å². The van der Waals surface area contributed by atoms with Gasteiger partial charge in [-0.3, -0.25) is 0 Å². The van der Waals surface area contributed by atoms with Crippen LogP contribution in [0.4, 0.5) is 0 Å². The van der Waals surface area contributed by atoms with Crippen LogP contribution in [0.1, 0.15) is 17.2 Å². The summed E-state index contributed by atoms with van der Waals surface area (Å²) in [4.78, 5) is 0.0204. The van der Waals surface area contributed by atoms with E-state index in [9.17, 15) is 46.0 Å². The Kier molecular flexibility index (Phi) is 6.51. The molecule has 0 unspecified atom stereocenters. The van der Waals surface area contributed by atoms with Crippen molar-refractivity contribution >= 4 is 11.8 Å². The van der Waals surface area contributed by atoms with Crippen molar-refractivity contribution in [1.82, 2.24) is 0 Å². The largest absolute Gasteiger partial charge is 0.507 e. The van der Waals surface area contributed by atoms with E-state index >= 15 is 0 Å². The summed E-state index contributed by atoms with van der Waals surface area (Å²) in [6.07, 6.45) is -8.21. The van der Waals surface area contributed by atoms with Crippen LogP contribution in [0.15, 0.2) is 29.2 Å². The van der Waals surface area contributed by atoms with Crippen LogP contribution in [0.3, 0.4) is 0 Å². The molecule has 11 nitrogen and oxygen atoms in total. The second-order valence-electron chi connectivity index (χ2n) is 7.92. The van der Waals surface area contributed by atoms with Gasteiger partial charge in [-0.25, -0.2) is 0 Å². The van der Waals surface area contributed by atoms with E-state index in [-0.39, 0.29) is 34.1 Å². The Morgan fingerprint density at radius 3 is 2.24 bits per heavy atom. The van der Waals surface area contributed by atoms with E-state index in [4.69, 9.17) is 9.47 Å². The number of aliphatic hydroxyl groups is 5. The molecule has 0 aliphatic carbocycles. The number of thioether (sulfide) groups is 1. The van der Waals surface area contributed by atoms with Crippen LogP contribution in [-0.2, 0) is 11.2 Å². The molecule has 2 aromatic rings. The Bertz CT molecular complexity index is 1030. The van der Waals surface area contributed by atoms with Crippen molar-refractivity contribution in [2.75, 3.05) is 6.61 Å². The first-order chi connectivity index (χ1) is 15.6. The van der Waals surface area contributed by atoms with Crippen LogP contribution in [-0.4, -0.2) is 88.5 Å². The van der Waals surface area contributed by atoms with Crippen molar-refractivity contribution in [1.29, 1.82) is 0 Å². The molecule has 2 aliphatic heterocycles. The number of hydrogen-bond donors (Lipinski definition) is 9. The molecule has 9 N–H and O–H groups in total. The molecule has 1 saturated heterocycles. The third-order valence-corrected chi connectivity index (χ3v) is 6.97. The van der Waals surface area contributed by atoms with Gasteiger partial charge < -0.3 is 55.4 Å². The fourth-order valence-electron chi connectivity index (χ4n) is 3.90. The summed E-state index contributed by atoms with van der Waals surface area (Å²) >= 11 is 0.740. The zero-order valence-corrected chi connectivity index (χ0v) is 17.8. The first-order valence-electron chi connectivity index (χ1n) is 10.0. The number of fused-ring (bicyclic) bond motifs is 1. The van der Waals surface area contributed by atoms with E-state index in [0.717, 1.165) is 17.8 Å². The van der Waals surface area contributed by atoms with Gasteiger partial charge in [0.2, 0.25) is 0 Å². The number of ether oxygens (including phenoxy) is 2. The minimum absolute atomic E-state index is 0.0164. The van der Waals surface area contributed by atoms with Gasteiger partial charge in [0.15, 0.2) is 17.6 Å². The molecule has 0 spiro atoms. The molecular weight excluding hydrogens is 460 g/mol. The molecule has 0 saturated carbocycles. The number of aliphatic hydroxyl groups excluding tert-OH is 5. The minimum Gasteiger partial charge on any atom is -0.507 e. The zero-order valence-electron chi connectivity index (χ0n) is 17.0. The molecule has 0 amide bonds. The van der Waals surface area contributed by atoms with Crippen molar-refractivity contribution in [2.24, 2.45) is 0 Å². The Morgan fingerprint density at radius 1 is 0.848 bits per heavy atom. The molecule has 4 rings (SSSR count). The van der Waals surface area contributed by atoms with Gasteiger partial charge in [0.25, 0.3) is 0 Å². The number of phenolic OH excluding ortho intramolecular Hbond substituents is 4. The van der Waals surface area contributed by atoms with Crippen LogP contribution < -0.4 is 4.74 Å². The number of aromatic hydroxyl groups is 4. The Morgan fingerprint density at radius 2 is 1.58 bits per heavy atom. The fourth-order valence-corrected chi connectivity index (χ4v) is 5.09. The molecule has 33 heavy (non-hydrogen) atoms. The summed E-state index contributed by atoms with van der Waals surface area (Å²) in [7, 11) is 0. The monoisotopic (exact) mass is 484 g/mol. The van der Waals surface area contributed by atoms with Gasteiger partial charge in [0.1, 0.15) is 47.1 Å². The second-order valence-corrected chi connectivity index (χ2v) is 9.03. The average molecular weight is 484 g/mol. The molecule has 1 fully saturated rings. The maximum Gasteiger partial charge on any atom is 0.157 e. The molecule has 0 aromatic heterocycles. The van der Waals surface area contributed by atoms with Crippen molar-refractivity contribution in [2.45, 2.75) is 53.4 Å². The van der Waals surface area contributed by atoms with Gasteiger partial charge in [0.05, 0.1) is 17.6 Å². The minimum atomic E-state index is -1.63. The lowest BCUT2D eigenvalue weighted by Crippen LogP contribution is -2.57.